The molecule has 2 amide bonds. The Morgan fingerprint density at radius 2 is 2.17 bits per heavy atom. The Morgan fingerprint density at radius 1 is 1.33 bits per heavy atom. The number of thiophene rings is 1. The lowest BCUT2D eigenvalue weighted by atomic mass is 10.0. The van der Waals surface area contributed by atoms with Crippen LogP contribution in [0, 0.1) is 0 Å². The molecule has 0 aromatic carbocycles. The first-order valence-corrected chi connectivity index (χ1v) is 12.7. The maximum atomic E-state index is 13.0. The number of amides is 2. The Morgan fingerprint density at radius 3 is 2.92 bits per heavy atom. The fraction of sp³-hybridized carbons (Fsp3) is 0.217. The van der Waals surface area contributed by atoms with Crippen molar-refractivity contribution in [3.8, 4) is 0 Å². The van der Waals surface area contributed by atoms with Crippen molar-refractivity contribution >= 4 is 62.6 Å². The predicted molar refractivity (Wildman–Crippen MR) is 131 cm³/mol. The van der Waals surface area contributed by atoms with Crippen LogP contribution in [0.15, 0.2) is 64.4 Å². The molecule has 13 heteroatoms. The Kier molecular flexibility index (Phi) is 6.33. The van der Waals surface area contributed by atoms with Gasteiger partial charge in [0, 0.05) is 23.5 Å². The second-order valence-electron chi connectivity index (χ2n) is 7.98. The molecule has 3 aromatic heterocycles. The normalized spacial score (nSPS) is 19.6. The lowest BCUT2D eigenvalue weighted by Crippen LogP contribution is -2.71. The van der Waals surface area contributed by atoms with Crippen molar-refractivity contribution in [2.75, 3.05) is 18.6 Å². The first-order valence-electron chi connectivity index (χ1n) is 10.8. The zero-order valence-electron chi connectivity index (χ0n) is 18.9. The van der Waals surface area contributed by atoms with E-state index in [0.717, 1.165) is 10.2 Å². The van der Waals surface area contributed by atoms with E-state index in [1.807, 2.05) is 34.3 Å². The van der Waals surface area contributed by atoms with Gasteiger partial charge in [0.2, 0.25) is 5.52 Å². The number of aromatic nitrogens is 2. The summed E-state index contributed by atoms with van der Waals surface area (Å²) in [5, 5.41) is 19.9. The number of thioether (sulfide) groups is 1. The van der Waals surface area contributed by atoms with Crippen molar-refractivity contribution in [1.29, 1.82) is 0 Å². The summed E-state index contributed by atoms with van der Waals surface area (Å²) in [6, 6.07) is 9.60. The van der Waals surface area contributed by atoms with Crippen molar-refractivity contribution < 1.29 is 28.9 Å². The highest BCUT2D eigenvalue weighted by Crippen LogP contribution is 2.40. The first kappa shape index (κ1) is 23.8. The first-order chi connectivity index (χ1) is 17.4. The molecular formula is C23H20N6O5S2. The number of carbonyl (C=O) groups is 3. The van der Waals surface area contributed by atoms with E-state index in [-0.39, 0.29) is 22.9 Å². The summed E-state index contributed by atoms with van der Waals surface area (Å²) in [5.41, 5.74) is 7.10. The summed E-state index contributed by atoms with van der Waals surface area (Å²) in [7, 11) is 1.28. The molecule has 0 saturated carbocycles. The molecule has 0 spiro atoms. The lowest BCUT2D eigenvalue weighted by Gasteiger charge is -2.50. The van der Waals surface area contributed by atoms with Crippen molar-refractivity contribution in [2.45, 2.75) is 18.0 Å². The van der Waals surface area contributed by atoms with E-state index in [0.29, 0.717) is 17.9 Å². The van der Waals surface area contributed by atoms with Gasteiger partial charge in [0.05, 0.1) is 16.4 Å². The molecule has 3 N–H and O–H groups in total. The summed E-state index contributed by atoms with van der Waals surface area (Å²) >= 11 is 2.96. The van der Waals surface area contributed by atoms with E-state index in [1.54, 1.807) is 23.5 Å². The van der Waals surface area contributed by atoms with Crippen LogP contribution >= 0.6 is 23.1 Å². The number of aliphatic carboxylic acids is 1. The Hall–Kier alpha value is -3.97. The molecule has 1 fully saturated rings. The molecule has 0 aliphatic carbocycles. The van der Waals surface area contributed by atoms with Crippen LogP contribution in [0.3, 0.4) is 0 Å². The van der Waals surface area contributed by atoms with Gasteiger partial charge >= 0.3 is 0 Å². The zero-order chi connectivity index (χ0) is 25.4. The molecule has 11 nitrogen and oxygen atoms in total. The lowest BCUT2D eigenvalue weighted by molar-refractivity contribution is -0.663. The van der Waals surface area contributed by atoms with Gasteiger partial charge in [-0.1, -0.05) is 11.2 Å². The van der Waals surface area contributed by atoms with Gasteiger partial charge in [-0.15, -0.1) is 23.1 Å². The monoisotopic (exact) mass is 524 g/mol. The van der Waals surface area contributed by atoms with Crippen LogP contribution in [-0.4, -0.2) is 57.7 Å². The minimum Gasteiger partial charge on any atom is -0.543 e. The molecule has 36 heavy (non-hydrogen) atoms. The third-order valence-electron chi connectivity index (χ3n) is 5.80. The van der Waals surface area contributed by atoms with Gasteiger partial charge in [0.1, 0.15) is 30.0 Å². The average Bonchev–Trinajstić information content (AvgIpc) is 3.35. The maximum Gasteiger partial charge on any atom is 0.276 e. The van der Waals surface area contributed by atoms with Crippen LogP contribution < -0.4 is 20.7 Å². The summed E-state index contributed by atoms with van der Waals surface area (Å²) < 4.78 is 3.01. The summed E-state index contributed by atoms with van der Waals surface area (Å²) in [5.74, 6) is -2.14. The van der Waals surface area contributed by atoms with Gasteiger partial charge in [-0.25, -0.2) is 4.98 Å². The quantitative estimate of drug-likeness (QED) is 0.184. The Balaban J connectivity index is 1.38. The number of nitrogens with zero attached hydrogens (tertiary/aromatic N) is 4. The van der Waals surface area contributed by atoms with Crippen molar-refractivity contribution in [2.24, 2.45) is 5.16 Å². The van der Waals surface area contributed by atoms with Crippen LogP contribution in [0.2, 0.25) is 0 Å². The molecule has 3 aromatic rings. The smallest absolute Gasteiger partial charge is 0.276 e. The third-order valence-corrected chi connectivity index (χ3v) is 8.01. The SMILES string of the molecule is CO/N=C(\C(=O)NC1C(=O)N2C(C(=O)[O-])=C(C[n+]3cccc4sccc43)CS[C@H]12)c1cccc(N)n1. The number of rotatable bonds is 7. The number of hydrogen-bond acceptors (Lipinski definition) is 10. The summed E-state index contributed by atoms with van der Waals surface area (Å²) in [6.07, 6.45) is 1.87. The molecule has 2 aliphatic rings. The van der Waals surface area contributed by atoms with Gasteiger partial charge in [-0.2, -0.15) is 4.57 Å². The number of nitrogens with one attached hydrogen (secondary N) is 1. The molecule has 0 bridgehead atoms. The van der Waals surface area contributed by atoms with E-state index in [4.69, 9.17) is 10.6 Å². The fourth-order valence-electron chi connectivity index (χ4n) is 4.22. The highest BCUT2D eigenvalue weighted by molar-refractivity contribution is 8.00. The van der Waals surface area contributed by atoms with Crippen molar-refractivity contribution in [3.63, 3.8) is 0 Å². The maximum absolute atomic E-state index is 13.0. The molecule has 5 heterocycles. The molecule has 2 aliphatic heterocycles. The van der Waals surface area contributed by atoms with Crippen LogP contribution in [0.5, 0.6) is 0 Å². The van der Waals surface area contributed by atoms with Crippen LogP contribution in [0.25, 0.3) is 10.2 Å². The topological polar surface area (TPSA) is 154 Å². The van der Waals surface area contributed by atoms with Gasteiger partial charge in [0.25, 0.3) is 11.8 Å². The summed E-state index contributed by atoms with van der Waals surface area (Å²) in [6.45, 7) is 0.295. The van der Waals surface area contributed by atoms with Gasteiger partial charge in [-0.05, 0) is 23.6 Å². The third kappa shape index (κ3) is 4.16. The van der Waals surface area contributed by atoms with Gasteiger partial charge in [-0.3, -0.25) is 14.5 Å². The highest BCUT2D eigenvalue weighted by Gasteiger charge is 2.53. The van der Waals surface area contributed by atoms with Crippen molar-refractivity contribution in [1.82, 2.24) is 15.2 Å². The van der Waals surface area contributed by atoms with E-state index in [2.05, 4.69) is 15.5 Å². The van der Waals surface area contributed by atoms with Crippen LogP contribution in [-0.2, 0) is 25.8 Å². The second-order valence-corrected chi connectivity index (χ2v) is 10.0. The highest BCUT2D eigenvalue weighted by atomic mass is 32.2. The predicted octanol–water partition coefficient (Wildman–Crippen LogP) is -0.379. The molecule has 1 unspecified atom stereocenters. The number of carboxylic acids is 1. The van der Waals surface area contributed by atoms with Crippen LogP contribution in [0.1, 0.15) is 5.69 Å². The fourth-order valence-corrected chi connectivity index (χ4v) is 6.36. The Bertz CT molecular complexity index is 1450. The number of β-lactam (4-membered cyclic amide) rings is 1. The molecule has 2 atom stereocenters. The second kappa shape index (κ2) is 9.59. The largest absolute Gasteiger partial charge is 0.543 e. The van der Waals surface area contributed by atoms with Crippen LogP contribution in [0.4, 0.5) is 5.82 Å². The Labute approximate surface area is 213 Å². The zero-order valence-corrected chi connectivity index (χ0v) is 20.5. The number of nitrogens with two attached hydrogens (primary N) is 1. The molecule has 0 radical (unpaired) electrons. The summed E-state index contributed by atoms with van der Waals surface area (Å²) in [4.78, 5) is 48.2. The number of hydrogen-bond donors (Lipinski definition) is 2. The van der Waals surface area contributed by atoms with E-state index in [9.17, 15) is 19.5 Å². The average molecular weight is 525 g/mol. The van der Waals surface area contributed by atoms with Gasteiger partial charge < -0.3 is 25.8 Å². The minimum atomic E-state index is -1.43. The molecule has 184 valence electrons. The number of fused-ring (bicyclic) bond motifs is 2. The molecular weight excluding hydrogens is 504 g/mol. The van der Waals surface area contributed by atoms with E-state index in [1.165, 1.54) is 29.8 Å². The number of pyridine rings is 2. The number of anilines is 1. The number of nitrogen functional groups attached to an aromatic ring is 1. The number of carbonyl (C=O) groups excluding carboxylic acids is 3. The number of oxime groups is 1. The standard InChI is InChI=1S/C23H20N6O5S2/c1-34-27-17(13-4-2-6-16(24)25-13)20(30)26-18-21(31)29-19(23(32)33)12(11-36-22(18)29)10-28-8-3-5-15-14(28)7-9-35-15/h2-9,18,22H,10-11H2,1H3,(H3-,24,25,26,30,32,33)/b27-17-/t18?,22-/m1/s1. The minimum absolute atomic E-state index is 0.155. The van der Waals surface area contributed by atoms with Crippen molar-refractivity contribution in [3.05, 3.63) is 64.9 Å². The molecule has 5 rings (SSSR count). The molecule has 1 saturated heterocycles. The van der Waals surface area contributed by atoms with Gasteiger partial charge in [0.15, 0.2) is 18.5 Å². The van der Waals surface area contributed by atoms with E-state index < -0.39 is 29.2 Å². The number of carboxylic acid groups (broad SMARTS) is 1. The van der Waals surface area contributed by atoms with E-state index >= 15 is 0 Å².